The van der Waals surface area contributed by atoms with Crippen molar-refractivity contribution >= 4 is 52.9 Å². The Labute approximate surface area is 158 Å². The molecule has 0 radical (unpaired) electrons. The van der Waals surface area contributed by atoms with Crippen LogP contribution in [-0.2, 0) is 14.3 Å². The van der Waals surface area contributed by atoms with E-state index in [-0.39, 0.29) is 0 Å². The highest BCUT2D eigenvalue weighted by Gasteiger charge is 2.13. The lowest BCUT2D eigenvalue weighted by atomic mass is 10.2. The standard InChI is InChI=1S/C17H13Cl2N3O4/c1-26-17(25)10-5-7-11(8-6-10)21-15(23)16(24)22-20-9-12-13(18)3-2-4-14(12)19/h2-9H,1H3,(H,21,23)(H,22,24)/b20-9-. The van der Waals surface area contributed by atoms with E-state index in [4.69, 9.17) is 23.2 Å². The maximum atomic E-state index is 11.8. The van der Waals surface area contributed by atoms with Gasteiger partial charge in [0.2, 0.25) is 0 Å². The number of halogens is 2. The lowest BCUT2D eigenvalue weighted by molar-refractivity contribution is -0.136. The zero-order valence-corrected chi connectivity index (χ0v) is 15.0. The van der Waals surface area contributed by atoms with Crippen molar-refractivity contribution in [3.63, 3.8) is 0 Å². The molecule has 0 aromatic heterocycles. The van der Waals surface area contributed by atoms with E-state index in [9.17, 15) is 14.4 Å². The summed E-state index contributed by atoms with van der Waals surface area (Å²) in [5, 5.41) is 6.73. The third-order valence-electron chi connectivity index (χ3n) is 3.13. The molecule has 9 heteroatoms. The molecule has 0 aliphatic heterocycles. The fourth-order valence-corrected chi connectivity index (χ4v) is 2.33. The molecule has 0 saturated heterocycles. The third kappa shape index (κ3) is 5.05. The summed E-state index contributed by atoms with van der Waals surface area (Å²) in [6.45, 7) is 0. The van der Waals surface area contributed by atoms with E-state index in [1.54, 1.807) is 18.2 Å². The van der Waals surface area contributed by atoms with Crippen LogP contribution in [0.25, 0.3) is 0 Å². The van der Waals surface area contributed by atoms with E-state index < -0.39 is 17.8 Å². The number of hydrazone groups is 1. The molecule has 2 N–H and O–H groups in total. The average molecular weight is 394 g/mol. The molecular weight excluding hydrogens is 381 g/mol. The first kappa shape index (κ1) is 19.4. The molecule has 26 heavy (non-hydrogen) atoms. The molecule has 0 aliphatic carbocycles. The van der Waals surface area contributed by atoms with Gasteiger partial charge in [-0.25, -0.2) is 10.2 Å². The van der Waals surface area contributed by atoms with Crippen molar-refractivity contribution in [1.29, 1.82) is 0 Å². The van der Waals surface area contributed by atoms with Crippen LogP contribution >= 0.6 is 23.2 Å². The normalized spacial score (nSPS) is 10.4. The van der Waals surface area contributed by atoms with Crippen molar-refractivity contribution in [3.8, 4) is 0 Å². The summed E-state index contributed by atoms with van der Waals surface area (Å²) in [5.41, 5.74) is 3.13. The SMILES string of the molecule is COC(=O)c1ccc(NC(=O)C(=O)N/N=C\c2c(Cl)cccc2Cl)cc1. The summed E-state index contributed by atoms with van der Waals surface area (Å²) in [6, 6.07) is 10.7. The van der Waals surface area contributed by atoms with Crippen molar-refractivity contribution in [2.45, 2.75) is 0 Å². The number of carbonyl (C=O) groups excluding carboxylic acids is 3. The average Bonchev–Trinajstić information content (AvgIpc) is 2.64. The lowest BCUT2D eigenvalue weighted by Gasteiger charge is -2.05. The predicted octanol–water partition coefficient (Wildman–Crippen LogP) is 2.87. The molecule has 2 aromatic carbocycles. The molecule has 2 amide bonds. The van der Waals surface area contributed by atoms with Crippen LogP contribution in [0.2, 0.25) is 10.0 Å². The molecule has 0 spiro atoms. The van der Waals surface area contributed by atoms with Gasteiger partial charge in [-0.2, -0.15) is 5.10 Å². The zero-order valence-electron chi connectivity index (χ0n) is 13.5. The Morgan fingerprint density at radius 3 is 2.19 bits per heavy atom. The number of nitrogens with one attached hydrogen (secondary N) is 2. The fraction of sp³-hybridized carbons (Fsp3) is 0.0588. The Morgan fingerprint density at radius 2 is 1.62 bits per heavy atom. The maximum absolute atomic E-state index is 11.8. The summed E-state index contributed by atoms with van der Waals surface area (Å²) in [5.74, 6) is -2.42. The molecule has 2 rings (SSSR count). The Bertz CT molecular complexity index is 847. The molecule has 0 aliphatic rings. The van der Waals surface area contributed by atoms with Gasteiger partial charge in [-0.15, -0.1) is 0 Å². The van der Waals surface area contributed by atoms with Crippen LogP contribution in [0, 0.1) is 0 Å². The Morgan fingerprint density at radius 1 is 1.00 bits per heavy atom. The van der Waals surface area contributed by atoms with Crippen molar-refractivity contribution in [2.24, 2.45) is 5.10 Å². The van der Waals surface area contributed by atoms with Gasteiger partial charge in [0.1, 0.15) is 0 Å². The first-order chi connectivity index (χ1) is 12.4. The van der Waals surface area contributed by atoms with Gasteiger partial charge in [0.05, 0.1) is 28.9 Å². The summed E-state index contributed by atoms with van der Waals surface area (Å²) in [4.78, 5) is 34.9. The zero-order chi connectivity index (χ0) is 19.1. The smallest absolute Gasteiger partial charge is 0.337 e. The number of hydrogen-bond donors (Lipinski definition) is 2. The van der Waals surface area contributed by atoms with Gasteiger partial charge < -0.3 is 10.1 Å². The first-order valence-electron chi connectivity index (χ1n) is 7.19. The highest BCUT2D eigenvalue weighted by molar-refractivity contribution is 6.40. The minimum atomic E-state index is -0.985. The van der Waals surface area contributed by atoms with Gasteiger partial charge in [0.15, 0.2) is 0 Å². The van der Waals surface area contributed by atoms with E-state index in [0.717, 1.165) is 0 Å². The van der Waals surface area contributed by atoms with Crippen LogP contribution < -0.4 is 10.7 Å². The second-order valence-electron chi connectivity index (χ2n) is 4.86. The Hall–Kier alpha value is -2.90. The number of carbonyl (C=O) groups is 3. The Balaban J connectivity index is 1.94. The van der Waals surface area contributed by atoms with Crippen LogP contribution in [0.5, 0.6) is 0 Å². The fourth-order valence-electron chi connectivity index (χ4n) is 1.84. The molecule has 0 heterocycles. The second-order valence-corrected chi connectivity index (χ2v) is 5.67. The number of nitrogens with zero attached hydrogens (tertiary/aromatic N) is 1. The van der Waals surface area contributed by atoms with Crippen molar-refractivity contribution in [1.82, 2.24) is 5.43 Å². The quantitative estimate of drug-likeness (QED) is 0.361. The highest BCUT2D eigenvalue weighted by Crippen LogP contribution is 2.21. The van der Waals surface area contributed by atoms with Crippen LogP contribution in [0.4, 0.5) is 5.69 Å². The number of hydrogen-bond acceptors (Lipinski definition) is 5. The van der Waals surface area contributed by atoms with Crippen LogP contribution in [0.1, 0.15) is 15.9 Å². The van der Waals surface area contributed by atoms with Gasteiger partial charge in [0, 0.05) is 11.3 Å². The summed E-state index contributed by atoms with van der Waals surface area (Å²) >= 11 is 11.9. The minimum Gasteiger partial charge on any atom is -0.465 e. The van der Waals surface area contributed by atoms with E-state index in [1.165, 1.54) is 37.6 Å². The molecule has 0 saturated carbocycles. The van der Waals surface area contributed by atoms with E-state index in [0.29, 0.717) is 26.9 Å². The second kappa shape index (κ2) is 8.98. The summed E-state index contributed by atoms with van der Waals surface area (Å²) < 4.78 is 4.57. The van der Waals surface area contributed by atoms with E-state index in [2.05, 4.69) is 20.6 Å². The molecule has 0 unspecified atom stereocenters. The lowest BCUT2D eigenvalue weighted by Crippen LogP contribution is -2.32. The van der Waals surface area contributed by atoms with Crippen molar-refractivity contribution < 1.29 is 19.1 Å². The summed E-state index contributed by atoms with van der Waals surface area (Å²) in [6.07, 6.45) is 1.24. The largest absolute Gasteiger partial charge is 0.465 e. The van der Waals surface area contributed by atoms with Gasteiger partial charge in [0.25, 0.3) is 0 Å². The van der Waals surface area contributed by atoms with E-state index in [1.807, 2.05) is 0 Å². The topological polar surface area (TPSA) is 96.9 Å². The third-order valence-corrected chi connectivity index (χ3v) is 3.79. The number of rotatable bonds is 4. The molecule has 7 nitrogen and oxygen atoms in total. The predicted molar refractivity (Wildman–Crippen MR) is 98.6 cm³/mol. The number of ether oxygens (including phenoxy) is 1. The highest BCUT2D eigenvalue weighted by atomic mass is 35.5. The molecule has 2 aromatic rings. The van der Waals surface area contributed by atoms with Crippen LogP contribution in [0.15, 0.2) is 47.6 Å². The molecule has 0 atom stereocenters. The number of amides is 2. The van der Waals surface area contributed by atoms with Gasteiger partial charge in [-0.3, -0.25) is 9.59 Å². The van der Waals surface area contributed by atoms with Gasteiger partial charge in [-0.05, 0) is 36.4 Å². The minimum absolute atomic E-state index is 0.316. The molecule has 0 fully saturated rings. The Kier molecular flexibility index (Phi) is 6.71. The van der Waals surface area contributed by atoms with Gasteiger partial charge in [-0.1, -0.05) is 29.3 Å². The molecular formula is C17H13Cl2N3O4. The van der Waals surface area contributed by atoms with E-state index >= 15 is 0 Å². The van der Waals surface area contributed by atoms with Crippen molar-refractivity contribution in [2.75, 3.05) is 12.4 Å². The van der Waals surface area contributed by atoms with Crippen molar-refractivity contribution in [3.05, 3.63) is 63.6 Å². The molecule has 134 valence electrons. The molecule has 0 bridgehead atoms. The monoisotopic (exact) mass is 393 g/mol. The first-order valence-corrected chi connectivity index (χ1v) is 7.94. The van der Waals surface area contributed by atoms with Gasteiger partial charge >= 0.3 is 17.8 Å². The van der Waals surface area contributed by atoms with Crippen LogP contribution in [0.3, 0.4) is 0 Å². The number of methoxy groups -OCH3 is 1. The number of benzene rings is 2. The number of esters is 1. The van der Waals surface area contributed by atoms with Crippen LogP contribution in [-0.4, -0.2) is 31.1 Å². The number of anilines is 1. The maximum Gasteiger partial charge on any atom is 0.337 e. The summed E-state index contributed by atoms with van der Waals surface area (Å²) in [7, 11) is 1.26.